The van der Waals surface area contributed by atoms with E-state index in [9.17, 15) is 4.79 Å². The first-order valence-electron chi connectivity index (χ1n) is 6.94. The molecule has 0 spiro atoms. The number of hydrogen-bond donors (Lipinski definition) is 2. The van der Waals surface area contributed by atoms with Crippen molar-refractivity contribution in [1.29, 1.82) is 0 Å². The fraction of sp³-hybridized carbons (Fsp3) is 0.333. The largest absolute Gasteiger partial charge is 0.369 e. The Morgan fingerprint density at radius 1 is 1.29 bits per heavy atom. The number of carbonyl (C=O) groups excluding carboxylic acids is 1. The lowest BCUT2D eigenvalue weighted by Crippen LogP contribution is -2.39. The Hall–Kier alpha value is -2.50. The van der Waals surface area contributed by atoms with Crippen molar-refractivity contribution < 1.29 is 4.79 Å². The predicted molar refractivity (Wildman–Crippen MR) is 80.5 cm³/mol. The molecule has 6 nitrogen and oxygen atoms in total. The van der Waals surface area contributed by atoms with Gasteiger partial charge in [-0.15, -0.1) is 0 Å². The van der Waals surface area contributed by atoms with Crippen LogP contribution in [0.4, 0.5) is 5.82 Å². The molecular weight excluding hydrogens is 266 g/mol. The number of hydrogen-bond acceptors (Lipinski definition) is 5. The van der Waals surface area contributed by atoms with Crippen LogP contribution in [0.15, 0.2) is 30.6 Å². The van der Waals surface area contributed by atoms with Crippen molar-refractivity contribution in [2.45, 2.75) is 25.8 Å². The molecular formula is C15H17N5O. The van der Waals surface area contributed by atoms with E-state index in [1.807, 2.05) is 25.1 Å². The molecule has 0 bridgehead atoms. The first kappa shape index (κ1) is 13.5. The van der Waals surface area contributed by atoms with Crippen molar-refractivity contribution >= 4 is 22.8 Å². The Balaban J connectivity index is 1.95. The number of rotatable bonds is 3. The molecule has 1 aliphatic carbocycles. The molecule has 0 aliphatic heterocycles. The minimum Gasteiger partial charge on any atom is -0.369 e. The standard InChI is InChI=1S/C15H17N5O/c1-9-6-7-12-13(19-9)15(18-8-17-12)20-11-5-3-2-4-10(11)14(16)21/h2-3,6-8,10-11H,4-5H2,1H3,(H2,16,21)(H,17,18,20)/t10-,11-/m1/s1. The summed E-state index contributed by atoms with van der Waals surface area (Å²) in [5.74, 6) is 0.124. The molecule has 3 N–H and O–H groups in total. The van der Waals surface area contributed by atoms with E-state index in [1.54, 1.807) is 0 Å². The third kappa shape index (κ3) is 2.69. The van der Waals surface area contributed by atoms with Crippen molar-refractivity contribution in [2.24, 2.45) is 11.7 Å². The van der Waals surface area contributed by atoms with Crippen molar-refractivity contribution in [3.8, 4) is 0 Å². The monoisotopic (exact) mass is 283 g/mol. The maximum atomic E-state index is 11.6. The average Bonchev–Trinajstić information content (AvgIpc) is 2.48. The van der Waals surface area contributed by atoms with Gasteiger partial charge in [-0.25, -0.2) is 15.0 Å². The molecule has 1 amide bonds. The van der Waals surface area contributed by atoms with Gasteiger partial charge in [-0.1, -0.05) is 12.2 Å². The number of primary amides is 1. The summed E-state index contributed by atoms with van der Waals surface area (Å²) >= 11 is 0. The van der Waals surface area contributed by atoms with Gasteiger partial charge in [0.25, 0.3) is 0 Å². The second-order valence-electron chi connectivity index (χ2n) is 5.25. The van der Waals surface area contributed by atoms with Crippen LogP contribution in [0.3, 0.4) is 0 Å². The second-order valence-corrected chi connectivity index (χ2v) is 5.25. The summed E-state index contributed by atoms with van der Waals surface area (Å²) in [5, 5.41) is 3.32. The van der Waals surface area contributed by atoms with Crippen LogP contribution in [0.25, 0.3) is 11.0 Å². The number of nitrogens with two attached hydrogens (primary N) is 1. The number of fused-ring (bicyclic) bond motifs is 1. The third-order valence-corrected chi connectivity index (χ3v) is 3.74. The SMILES string of the molecule is Cc1ccc2ncnc(N[C@@H]3CC=CC[C@H]3C(N)=O)c2n1. The topological polar surface area (TPSA) is 93.8 Å². The molecule has 0 unspecified atom stereocenters. The highest BCUT2D eigenvalue weighted by molar-refractivity contribution is 5.85. The molecule has 0 saturated heterocycles. The summed E-state index contributed by atoms with van der Waals surface area (Å²) in [6, 6.07) is 3.76. The number of carbonyl (C=O) groups is 1. The molecule has 3 rings (SSSR count). The molecule has 0 fully saturated rings. The van der Waals surface area contributed by atoms with Gasteiger partial charge in [0.2, 0.25) is 5.91 Å². The van der Waals surface area contributed by atoms with E-state index in [4.69, 9.17) is 5.73 Å². The molecule has 1 aliphatic rings. The van der Waals surface area contributed by atoms with E-state index in [0.29, 0.717) is 12.2 Å². The highest BCUT2D eigenvalue weighted by Gasteiger charge is 2.27. The molecule has 2 atom stereocenters. The molecule has 2 aromatic heterocycles. The lowest BCUT2D eigenvalue weighted by Gasteiger charge is -2.27. The summed E-state index contributed by atoms with van der Waals surface area (Å²) in [6.07, 6.45) is 6.94. The van der Waals surface area contributed by atoms with E-state index < -0.39 is 0 Å². The molecule has 0 aromatic carbocycles. The summed E-state index contributed by atoms with van der Waals surface area (Å²) in [4.78, 5) is 24.5. The first-order valence-corrected chi connectivity index (χ1v) is 6.94. The van der Waals surface area contributed by atoms with Crippen LogP contribution < -0.4 is 11.1 Å². The van der Waals surface area contributed by atoms with Gasteiger partial charge in [0.1, 0.15) is 11.8 Å². The van der Waals surface area contributed by atoms with Gasteiger partial charge in [-0.2, -0.15) is 0 Å². The van der Waals surface area contributed by atoms with Crippen LogP contribution in [0.2, 0.25) is 0 Å². The van der Waals surface area contributed by atoms with Crippen LogP contribution in [0, 0.1) is 12.8 Å². The van der Waals surface area contributed by atoms with E-state index in [2.05, 4.69) is 26.3 Å². The number of pyridine rings is 1. The summed E-state index contributed by atoms with van der Waals surface area (Å²) in [5.41, 5.74) is 7.88. The van der Waals surface area contributed by atoms with E-state index in [0.717, 1.165) is 23.1 Å². The van der Waals surface area contributed by atoms with E-state index >= 15 is 0 Å². The number of nitrogens with zero attached hydrogens (tertiary/aromatic N) is 3. The van der Waals surface area contributed by atoms with Crippen LogP contribution in [0.1, 0.15) is 18.5 Å². The Kier molecular flexibility index (Phi) is 3.51. The highest BCUT2D eigenvalue weighted by atomic mass is 16.1. The Morgan fingerprint density at radius 2 is 2.10 bits per heavy atom. The van der Waals surface area contributed by atoms with Crippen molar-refractivity contribution in [1.82, 2.24) is 15.0 Å². The molecule has 21 heavy (non-hydrogen) atoms. The van der Waals surface area contributed by atoms with E-state index in [1.165, 1.54) is 6.33 Å². The third-order valence-electron chi connectivity index (χ3n) is 3.74. The Morgan fingerprint density at radius 3 is 2.90 bits per heavy atom. The second kappa shape index (κ2) is 5.47. The lowest BCUT2D eigenvalue weighted by molar-refractivity contribution is -0.122. The maximum absolute atomic E-state index is 11.6. The van der Waals surface area contributed by atoms with Crippen LogP contribution >= 0.6 is 0 Å². The molecule has 2 heterocycles. The number of allylic oxidation sites excluding steroid dienone is 1. The van der Waals surface area contributed by atoms with Gasteiger partial charge in [-0.3, -0.25) is 4.79 Å². The zero-order valence-electron chi connectivity index (χ0n) is 11.8. The summed E-state index contributed by atoms with van der Waals surface area (Å²) in [6.45, 7) is 1.92. The molecule has 6 heteroatoms. The fourth-order valence-corrected chi connectivity index (χ4v) is 2.61. The summed E-state index contributed by atoms with van der Waals surface area (Å²) < 4.78 is 0. The van der Waals surface area contributed by atoms with Gasteiger partial charge in [-0.05, 0) is 31.9 Å². The van der Waals surface area contributed by atoms with Crippen LogP contribution in [-0.4, -0.2) is 26.9 Å². The van der Waals surface area contributed by atoms with Gasteiger partial charge in [0.05, 0.1) is 11.4 Å². The normalized spacial score (nSPS) is 21.4. The maximum Gasteiger partial charge on any atom is 0.222 e. The summed E-state index contributed by atoms with van der Waals surface area (Å²) in [7, 11) is 0. The van der Waals surface area contributed by atoms with Crippen LogP contribution in [-0.2, 0) is 4.79 Å². The number of aryl methyl sites for hydroxylation is 1. The predicted octanol–water partition coefficient (Wildman–Crippen LogP) is 1.57. The lowest BCUT2D eigenvalue weighted by atomic mass is 9.88. The molecule has 0 radical (unpaired) electrons. The van der Waals surface area contributed by atoms with Crippen molar-refractivity contribution in [2.75, 3.05) is 5.32 Å². The fourth-order valence-electron chi connectivity index (χ4n) is 2.61. The zero-order valence-corrected chi connectivity index (χ0v) is 11.8. The van der Waals surface area contributed by atoms with Gasteiger partial charge >= 0.3 is 0 Å². The van der Waals surface area contributed by atoms with Crippen molar-refractivity contribution in [3.05, 3.63) is 36.3 Å². The number of aromatic nitrogens is 3. The Labute approximate surface area is 122 Å². The minimum atomic E-state index is -0.292. The van der Waals surface area contributed by atoms with Gasteiger partial charge in [0.15, 0.2) is 5.82 Å². The zero-order chi connectivity index (χ0) is 14.8. The Bertz CT molecular complexity index is 712. The van der Waals surface area contributed by atoms with Gasteiger partial charge in [0, 0.05) is 11.7 Å². The first-order chi connectivity index (χ1) is 10.1. The molecule has 2 aromatic rings. The number of amides is 1. The van der Waals surface area contributed by atoms with Crippen molar-refractivity contribution in [3.63, 3.8) is 0 Å². The van der Waals surface area contributed by atoms with Crippen LogP contribution in [0.5, 0.6) is 0 Å². The minimum absolute atomic E-state index is 0.0621. The van der Waals surface area contributed by atoms with E-state index in [-0.39, 0.29) is 17.9 Å². The smallest absolute Gasteiger partial charge is 0.222 e. The highest BCUT2D eigenvalue weighted by Crippen LogP contribution is 2.25. The number of anilines is 1. The quantitative estimate of drug-likeness (QED) is 0.834. The molecule has 108 valence electrons. The van der Waals surface area contributed by atoms with Gasteiger partial charge < -0.3 is 11.1 Å². The number of nitrogens with one attached hydrogen (secondary N) is 1. The average molecular weight is 283 g/mol. The molecule has 0 saturated carbocycles.